The van der Waals surface area contributed by atoms with E-state index in [9.17, 15) is 0 Å². The fourth-order valence-electron chi connectivity index (χ4n) is 1.09. The van der Waals surface area contributed by atoms with Crippen LogP contribution >= 0.6 is 0 Å². The molecule has 0 spiro atoms. The van der Waals surface area contributed by atoms with Gasteiger partial charge in [0, 0.05) is 32.1 Å². The fourth-order valence-corrected chi connectivity index (χ4v) is 1.09. The molecular weight excluding hydrogens is 339 g/mol. The van der Waals surface area contributed by atoms with Crippen LogP contribution in [0.5, 0.6) is 0 Å². The zero-order valence-corrected chi connectivity index (χ0v) is 9.37. The summed E-state index contributed by atoms with van der Waals surface area (Å²) in [6.07, 6.45) is 8.75. The third-order valence-corrected chi connectivity index (χ3v) is 1.68. The van der Waals surface area contributed by atoms with E-state index in [-0.39, 0.29) is 20.1 Å². The van der Waals surface area contributed by atoms with Crippen LogP contribution in [0.15, 0.2) is 42.5 Å². The molecule has 2 rings (SSSR count). The molecule has 1 aromatic heterocycles. The summed E-state index contributed by atoms with van der Waals surface area (Å²) in [7, 11) is 0.855. The fraction of sp³-hybridized carbons (Fsp3) is 0. The standard InChI is InChI=1S/C9H8BN2.Ir/c1-3-7-11-9(5-1)12-8-4-2-6-10-12;/h1-7,10H;/q-1;. The molecule has 1 radical (unpaired) electrons. The first-order chi connectivity index (χ1) is 5.97. The SMILES string of the molecule is B1C=CC=[C-]N1c1ccccn1.[Ir]. The van der Waals surface area contributed by atoms with Gasteiger partial charge in [0.25, 0.3) is 0 Å². The van der Waals surface area contributed by atoms with Gasteiger partial charge in [-0.05, 0) is 6.07 Å². The largest absolute Gasteiger partial charge is 0.487 e. The summed E-state index contributed by atoms with van der Waals surface area (Å²) in [4.78, 5) is 6.18. The Labute approximate surface area is 92.0 Å². The molecule has 0 aromatic carbocycles. The normalized spacial score (nSPS) is 13.4. The minimum absolute atomic E-state index is 0. The molecule has 0 aliphatic carbocycles. The second kappa shape index (κ2) is 5.00. The first kappa shape index (κ1) is 10.2. The van der Waals surface area contributed by atoms with Gasteiger partial charge < -0.3 is 9.79 Å². The molecule has 0 N–H and O–H groups in total. The van der Waals surface area contributed by atoms with Crippen molar-refractivity contribution in [2.24, 2.45) is 0 Å². The maximum Gasteiger partial charge on any atom is 0.231 e. The van der Waals surface area contributed by atoms with Gasteiger partial charge in [0.05, 0.1) is 0 Å². The minimum atomic E-state index is 0. The van der Waals surface area contributed by atoms with E-state index in [1.807, 2.05) is 35.2 Å². The Hall–Kier alpha value is -0.856. The van der Waals surface area contributed by atoms with Crippen molar-refractivity contribution in [3.8, 4) is 0 Å². The van der Waals surface area contributed by atoms with Crippen molar-refractivity contribution in [1.29, 1.82) is 0 Å². The first-order valence-corrected chi connectivity index (χ1v) is 3.90. The summed E-state index contributed by atoms with van der Waals surface area (Å²) in [6, 6.07) is 5.86. The zero-order valence-electron chi connectivity index (χ0n) is 6.98. The van der Waals surface area contributed by atoms with Crippen molar-refractivity contribution < 1.29 is 20.1 Å². The van der Waals surface area contributed by atoms with Crippen LogP contribution in [0.25, 0.3) is 0 Å². The van der Waals surface area contributed by atoms with Gasteiger partial charge in [0.2, 0.25) is 7.41 Å². The number of allylic oxidation sites excluding steroid dienone is 2. The van der Waals surface area contributed by atoms with E-state index in [1.54, 1.807) is 6.20 Å². The maximum absolute atomic E-state index is 4.21. The summed E-state index contributed by atoms with van der Waals surface area (Å²) in [5, 5.41) is 0. The Morgan fingerprint density at radius 2 is 2.31 bits per heavy atom. The van der Waals surface area contributed by atoms with Crippen LogP contribution in [0.2, 0.25) is 0 Å². The predicted octanol–water partition coefficient (Wildman–Crippen LogP) is 1.08. The molecule has 0 fully saturated rings. The molecule has 0 saturated carbocycles. The molecule has 13 heavy (non-hydrogen) atoms. The van der Waals surface area contributed by atoms with Crippen molar-refractivity contribution in [2.45, 2.75) is 0 Å². The van der Waals surface area contributed by atoms with E-state index in [1.165, 1.54) is 0 Å². The minimum Gasteiger partial charge on any atom is -0.487 e. The molecule has 0 saturated heterocycles. The second-order valence-electron chi connectivity index (χ2n) is 2.52. The molecule has 0 unspecified atom stereocenters. The van der Waals surface area contributed by atoms with Gasteiger partial charge >= 0.3 is 0 Å². The molecule has 1 aliphatic rings. The van der Waals surface area contributed by atoms with Crippen molar-refractivity contribution in [2.75, 3.05) is 4.81 Å². The zero-order chi connectivity index (χ0) is 8.23. The molecule has 2 nitrogen and oxygen atoms in total. The van der Waals surface area contributed by atoms with Crippen LogP contribution in [0, 0.1) is 6.20 Å². The summed E-state index contributed by atoms with van der Waals surface area (Å²) in [5.41, 5.74) is 0. The van der Waals surface area contributed by atoms with Crippen LogP contribution in [-0.2, 0) is 20.1 Å². The number of rotatable bonds is 1. The quantitative estimate of drug-likeness (QED) is 0.558. The summed E-state index contributed by atoms with van der Waals surface area (Å²) in [5.74, 6) is 3.02. The summed E-state index contributed by atoms with van der Waals surface area (Å²) >= 11 is 0. The molecule has 1 aromatic rings. The second-order valence-corrected chi connectivity index (χ2v) is 2.52. The van der Waals surface area contributed by atoms with Gasteiger partial charge in [0.1, 0.15) is 0 Å². The van der Waals surface area contributed by atoms with Gasteiger partial charge in [-0.15, -0.1) is 6.20 Å². The van der Waals surface area contributed by atoms with Crippen molar-refractivity contribution >= 4 is 13.2 Å². The number of anilines is 1. The van der Waals surface area contributed by atoms with Gasteiger partial charge in [-0.25, -0.2) is 0 Å². The van der Waals surface area contributed by atoms with E-state index >= 15 is 0 Å². The molecule has 0 atom stereocenters. The molecule has 67 valence electrons. The van der Waals surface area contributed by atoms with E-state index in [4.69, 9.17) is 0 Å². The number of pyridine rings is 1. The number of nitrogens with zero attached hydrogens (tertiary/aromatic N) is 2. The Morgan fingerprint density at radius 1 is 1.38 bits per heavy atom. The third kappa shape index (κ3) is 2.54. The summed E-state index contributed by atoms with van der Waals surface area (Å²) in [6.45, 7) is 0. The van der Waals surface area contributed by atoms with Crippen LogP contribution < -0.4 is 4.81 Å². The van der Waals surface area contributed by atoms with E-state index in [0.29, 0.717) is 0 Å². The Balaban J connectivity index is 0.000000845. The molecule has 0 amide bonds. The molecule has 2 heterocycles. The Morgan fingerprint density at radius 3 is 2.92 bits per heavy atom. The van der Waals surface area contributed by atoms with Gasteiger partial charge in [0.15, 0.2) is 0 Å². The number of hydrogen-bond acceptors (Lipinski definition) is 2. The van der Waals surface area contributed by atoms with Crippen molar-refractivity contribution in [3.63, 3.8) is 0 Å². The Kier molecular flexibility index (Phi) is 3.93. The average Bonchev–Trinajstić information content (AvgIpc) is 2.21. The predicted molar refractivity (Wildman–Crippen MR) is 50.8 cm³/mol. The van der Waals surface area contributed by atoms with E-state index in [0.717, 1.165) is 13.2 Å². The van der Waals surface area contributed by atoms with Crippen LogP contribution in [-0.4, -0.2) is 12.4 Å². The average molecular weight is 347 g/mol. The molecule has 4 heteroatoms. The smallest absolute Gasteiger partial charge is 0.231 e. The van der Waals surface area contributed by atoms with Crippen LogP contribution in [0.1, 0.15) is 0 Å². The number of hydrogen-bond donors (Lipinski definition) is 0. The third-order valence-electron chi connectivity index (χ3n) is 1.68. The molecular formula is C9H8BIrN2-. The van der Waals surface area contributed by atoms with Gasteiger partial charge in [-0.2, -0.15) is 18.1 Å². The molecule has 1 aliphatic heterocycles. The van der Waals surface area contributed by atoms with Gasteiger partial charge in [-0.1, -0.05) is 12.1 Å². The molecule has 0 bridgehead atoms. The van der Waals surface area contributed by atoms with E-state index < -0.39 is 0 Å². The topological polar surface area (TPSA) is 16.1 Å². The summed E-state index contributed by atoms with van der Waals surface area (Å²) < 4.78 is 0. The maximum atomic E-state index is 4.21. The van der Waals surface area contributed by atoms with Crippen LogP contribution in [0.4, 0.5) is 5.82 Å². The first-order valence-electron chi connectivity index (χ1n) is 3.90. The van der Waals surface area contributed by atoms with Crippen molar-refractivity contribution in [3.05, 3.63) is 48.7 Å². The number of aromatic nitrogens is 1. The van der Waals surface area contributed by atoms with Crippen molar-refractivity contribution in [1.82, 2.24) is 4.98 Å². The van der Waals surface area contributed by atoms with Crippen LogP contribution in [0.3, 0.4) is 0 Å². The Bertz CT molecular complexity index is 311. The van der Waals surface area contributed by atoms with E-state index in [2.05, 4.69) is 17.2 Å². The monoisotopic (exact) mass is 348 g/mol. The van der Waals surface area contributed by atoms with Gasteiger partial charge in [-0.3, -0.25) is 0 Å².